The summed E-state index contributed by atoms with van der Waals surface area (Å²) in [5, 5.41) is 0. The van der Waals surface area contributed by atoms with Crippen LogP contribution in [0.4, 0.5) is 0 Å². The van der Waals surface area contributed by atoms with Crippen LogP contribution in [-0.4, -0.2) is 5.54 Å². The minimum absolute atomic E-state index is 0. The summed E-state index contributed by atoms with van der Waals surface area (Å²) >= 11 is 0. The summed E-state index contributed by atoms with van der Waals surface area (Å²) in [6.45, 7) is -4.30. The van der Waals surface area contributed by atoms with Gasteiger partial charge in [-0.2, -0.15) is 0 Å². The average Bonchev–Trinajstić information content (AvgIpc) is 1.58. The van der Waals surface area contributed by atoms with Gasteiger partial charge >= 0.3 is 0 Å². The van der Waals surface area contributed by atoms with Crippen LogP contribution in [0, 0.1) is 0 Å². The van der Waals surface area contributed by atoms with Crippen molar-refractivity contribution in [3.63, 3.8) is 0 Å². The molecule has 0 radical (unpaired) electrons. The first-order chi connectivity index (χ1) is 4.50. The lowest BCUT2D eigenvalue weighted by atomic mass is 10.1. The van der Waals surface area contributed by atoms with E-state index in [1.54, 1.807) is 0 Å². The van der Waals surface area contributed by atoms with Crippen molar-refractivity contribution in [2.45, 2.75) is 26.2 Å². The lowest BCUT2D eigenvalue weighted by molar-refractivity contribution is 0.580. The van der Waals surface area contributed by atoms with E-state index in [-0.39, 0.29) is 12.4 Å². The van der Waals surface area contributed by atoms with Gasteiger partial charge < -0.3 is 5.73 Å². The van der Waals surface area contributed by atoms with E-state index in [4.69, 9.17) is 14.0 Å². The molecule has 0 aliphatic heterocycles. The lowest BCUT2D eigenvalue weighted by Gasteiger charge is -2.06. The van der Waals surface area contributed by atoms with Crippen LogP contribution in [0.15, 0.2) is 0 Å². The third-order valence-electron chi connectivity index (χ3n) is 0. The molecule has 0 aliphatic carbocycles. The molecule has 0 bridgehead atoms. The summed E-state index contributed by atoms with van der Waals surface area (Å²) < 4.78 is 41.0. The van der Waals surface area contributed by atoms with Gasteiger partial charge in [0, 0.05) is 13.8 Å². The van der Waals surface area contributed by atoms with Crippen LogP contribution in [-0.2, 0) is 0 Å². The molecule has 0 fully saturated rings. The van der Waals surface area contributed by atoms with Gasteiger partial charge in [0.1, 0.15) is 0 Å². The Morgan fingerprint density at radius 2 is 2.00 bits per heavy atom. The smallest absolute Gasteiger partial charge is 0.0249 e. The zero-order valence-electron chi connectivity index (χ0n) is 9.49. The van der Waals surface area contributed by atoms with Crippen molar-refractivity contribution in [1.82, 2.24) is 0 Å². The Morgan fingerprint density at radius 1 is 1.67 bits per heavy atom. The van der Waals surface area contributed by atoms with Gasteiger partial charge in [-0.15, -0.1) is 12.4 Å². The molecule has 0 amide bonds. The number of nitrogens with two attached hydrogens (primary N) is 1. The lowest BCUT2D eigenvalue weighted by Crippen LogP contribution is -2.26. The molecule has 0 atom stereocenters. The van der Waals surface area contributed by atoms with E-state index >= 15 is 0 Å². The molecule has 0 unspecified atom stereocenters. The average molecular weight is 116 g/mol. The zero-order valence-corrected chi connectivity index (χ0v) is 4.30. The Morgan fingerprint density at radius 3 is 2.00 bits per heavy atom. The SMILES string of the molecule is Cl.[2H]C([2H])([2H])C(C)(N)C([2H])([2H])[2H]. The highest BCUT2D eigenvalue weighted by Crippen LogP contribution is 1.88. The van der Waals surface area contributed by atoms with Crippen molar-refractivity contribution in [3.05, 3.63) is 0 Å². The van der Waals surface area contributed by atoms with Crippen LogP contribution >= 0.6 is 12.4 Å². The monoisotopic (exact) mass is 115 g/mol. The van der Waals surface area contributed by atoms with Gasteiger partial charge in [0.15, 0.2) is 0 Å². The van der Waals surface area contributed by atoms with Gasteiger partial charge in [0.2, 0.25) is 0 Å². The summed E-state index contributed by atoms with van der Waals surface area (Å²) in [4.78, 5) is 0. The molecule has 0 aromatic carbocycles. The molecular weight excluding hydrogens is 97.5 g/mol. The van der Waals surface area contributed by atoms with E-state index in [1.165, 1.54) is 0 Å². The van der Waals surface area contributed by atoms with Crippen LogP contribution < -0.4 is 5.73 Å². The summed E-state index contributed by atoms with van der Waals surface area (Å²) in [5.41, 5.74) is 3.02. The van der Waals surface area contributed by atoms with Gasteiger partial charge in [0.05, 0.1) is 0 Å². The van der Waals surface area contributed by atoms with Crippen molar-refractivity contribution in [1.29, 1.82) is 0 Å². The van der Waals surface area contributed by atoms with Crippen molar-refractivity contribution >= 4 is 12.4 Å². The summed E-state index contributed by atoms with van der Waals surface area (Å²) in [7, 11) is 0. The van der Waals surface area contributed by atoms with E-state index in [0.29, 0.717) is 0 Å². The minimum atomic E-state index is -2.65. The molecule has 0 rings (SSSR count). The maximum atomic E-state index is 6.84. The molecule has 6 heavy (non-hydrogen) atoms. The van der Waals surface area contributed by atoms with E-state index < -0.39 is 19.2 Å². The van der Waals surface area contributed by atoms with Crippen molar-refractivity contribution in [2.75, 3.05) is 0 Å². The molecule has 2 N–H and O–H groups in total. The Hall–Kier alpha value is 0.250. The van der Waals surface area contributed by atoms with Crippen LogP contribution in [0.25, 0.3) is 0 Å². The van der Waals surface area contributed by atoms with Crippen molar-refractivity contribution in [2.24, 2.45) is 5.73 Å². The number of hydrogen-bond donors (Lipinski definition) is 1. The van der Waals surface area contributed by atoms with E-state index in [1.807, 2.05) is 0 Å². The molecule has 2 heteroatoms. The van der Waals surface area contributed by atoms with Gasteiger partial charge in [-0.3, -0.25) is 0 Å². The highest BCUT2D eigenvalue weighted by molar-refractivity contribution is 5.85. The number of hydrogen-bond acceptors (Lipinski definition) is 1. The predicted molar refractivity (Wildman–Crippen MR) is 31.2 cm³/mol. The fourth-order valence-electron chi connectivity index (χ4n) is 0. The Labute approximate surface area is 53.8 Å². The summed E-state index contributed by atoms with van der Waals surface area (Å²) in [6.07, 6.45) is 0. The molecule has 0 heterocycles. The van der Waals surface area contributed by atoms with Gasteiger partial charge in [-0.05, 0) is 20.6 Å². The second kappa shape index (κ2) is 2.43. The third-order valence-corrected chi connectivity index (χ3v) is 0. The highest BCUT2D eigenvalue weighted by Gasteiger charge is 1.95. The van der Waals surface area contributed by atoms with Crippen LogP contribution in [0.1, 0.15) is 28.9 Å². The molecule has 0 spiro atoms. The van der Waals surface area contributed by atoms with Crippen molar-refractivity contribution < 1.29 is 8.22 Å². The highest BCUT2D eigenvalue weighted by atomic mass is 35.5. The quantitative estimate of drug-likeness (QED) is 0.504. The molecule has 0 aromatic heterocycles. The number of halogens is 1. The third kappa shape index (κ3) is 718. The maximum Gasteiger partial charge on any atom is 0.0249 e. The fraction of sp³-hybridized carbons (Fsp3) is 1.00. The van der Waals surface area contributed by atoms with Crippen LogP contribution in [0.2, 0.25) is 0 Å². The summed E-state index contributed by atoms with van der Waals surface area (Å²) in [6, 6.07) is 0. The van der Waals surface area contributed by atoms with Crippen molar-refractivity contribution in [3.8, 4) is 0 Å². The van der Waals surface area contributed by atoms with Gasteiger partial charge in [-0.25, -0.2) is 0 Å². The minimum Gasteiger partial charge on any atom is -0.326 e. The molecular formula is C4H12ClN. The topological polar surface area (TPSA) is 26.0 Å². The van der Waals surface area contributed by atoms with Gasteiger partial charge in [-0.1, -0.05) is 0 Å². The largest absolute Gasteiger partial charge is 0.326 e. The second-order valence-corrected chi connectivity index (χ2v) is 1.20. The first-order valence-corrected chi connectivity index (χ1v) is 1.29. The second-order valence-electron chi connectivity index (χ2n) is 1.20. The first-order valence-electron chi connectivity index (χ1n) is 4.29. The maximum absolute atomic E-state index is 6.84. The molecule has 40 valence electrons. The molecule has 0 aliphatic rings. The number of rotatable bonds is 0. The molecule has 0 aromatic rings. The standard InChI is InChI=1S/C4H11N.ClH/c1-4(2,3)5;/h5H2,1-3H3;1H/i1D3,2D3;. The molecule has 1 nitrogen and oxygen atoms in total. The zero-order chi connectivity index (χ0) is 9.50. The van der Waals surface area contributed by atoms with Crippen LogP contribution in [0.5, 0.6) is 0 Å². The van der Waals surface area contributed by atoms with Crippen LogP contribution in [0.3, 0.4) is 0 Å². The first kappa shape index (κ1) is 1.64. The Bertz CT molecular complexity index is 131. The fourth-order valence-corrected chi connectivity index (χ4v) is 0. The van der Waals surface area contributed by atoms with E-state index in [9.17, 15) is 0 Å². The summed E-state index contributed by atoms with van der Waals surface area (Å²) in [5.74, 6) is 0. The Kier molecular flexibility index (Phi) is 0.663. The van der Waals surface area contributed by atoms with Gasteiger partial charge in [0.25, 0.3) is 0 Å². The normalized spacial score (nSPS) is 29.0. The predicted octanol–water partition coefficient (Wildman–Crippen LogP) is 1.17. The Balaban J connectivity index is 0. The van der Waals surface area contributed by atoms with E-state index in [0.717, 1.165) is 6.92 Å². The van der Waals surface area contributed by atoms with E-state index in [2.05, 4.69) is 0 Å². The molecule has 0 saturated heterocycles. The molecule has 0 saturated carbocycles.